The van der Waals surface area contributed by atoms with Crippen molar-refractivity contribution < 1.29 is 13.2 Å². The zero-order valence-corrected chi connectivity index (χ0v) is 10.4. The van der Waals surface area contributed by atoms with Gasteiger partial charge in [0.25, 0.3) is 0 Å². The van der Waals surface area contributed by atoms with Gasteiger partial charge in [-0.15, -0.1) is 0 Å². The lowest BCUT2D eigenvalue weighted by molar-refractivity contribution is -0.134. The van der Waals surface area contributed by atoms with Crippen LogP contribution >= 0.6 is 0 Å². The van der Waals surface area contributed by atoms with E-state index < -0.39 is 12.6 Å². The molecular formula is C11H21F3N4. The van der Waals surface area contributed by atoms with E-state index in [-0.39, 0.29) is 13.0 Å². The van der Waals surface area contributed by atoms with Gasteiger partial charge in [-0.1, -0.05) is 19.3 Å². The van der Waals surface area contributed by atoms with Crippen LogP contribution in [0.3, 0.4) is 0 Å². The first kappa shape index (κ1) is 15.1. The fourth-order valence-electron chi connectivity index (χ4n) is 2.04. The molecule has 106 valence electrons. The van der Waals surface area contributed by atoms with Crippen molar-refractivity contribution in [1.29, 1.82) is 0 Å². The molecule has 4 N–H and O–H groups in total. The predicted octanol–water partition coefficient (Wildman–Crippen LogP) is 2.07. The van der Waals surface area contributed by atoms with Gasteiger partial charge in [-0.25, -0.2) is 5.84 Å². The maximum absolute atomic E-state index is 11.9. The average Bonchev–Trinajstić information content (AvgIpc) is 2.33. The minimum atomic E-state index is -4.11. The van der Waals surface area contributed by atoms with Crippen molar-refractivity contribution >= 4 is 5.96 Å². The number of guanidine groups is 1. The zero-order chi connectivity index (χ0) is 13.4. The van der Waals surface area contributed by atoms with Crippen LogP contribution in [0.15, 0.2) is 4.99 Å². The molecular weight excluding hydrogens is 245 g/mol. The number of aliphatic imine (C=N–C) groups is 1. The number of nitrogens with one attached hydrogen (secondary N) is 2. The highest BCUT2D eigenvalue weighted by Gasteiger charge is 2.25. The van der Waals surface area contributed by atoms with E-state index in [9.17, 15) is 13.2 Å². The van der Waals surface area contributed by atoms with Gasteiger partial charge < -0.3 is 5.32 Å². The van der Waals surface area contributed by atoms with Gasteiger partial charge in [-0.3, -0.25) is 10.4 Å². The highest BCUT2D eigenvalue weighted by molar-refractivity contribution is 5.79. The van der Waals surface area contributed by atoms with Crippen LogP contribution in [0.2, 0.25) is 0 Å². The monoisotopic (exact) mass is 266 g/mol. The summed E-state index contributed by atoms with van der Waals surface area (Å²) in [6, 6.07) is 0.330. The van der Waals surface area contributed by atoms with E-state index in [0.717, 1.165) is 12.8 Å². The molecule has 4 nitrogen and oxygen atoms in total. The van der Waals surface area contributed by atoms with Gasteiger partial charge in [0.2, 0.25) is 5.96 Å². The summed E-state index contributed by atoms with van der Waals surface area (Å²) in [5.74, 6) is 5.69. The number of nitrogens with zero attached hydrogens (tertiary/aromatic N) is 1. The predicted molar refractivity (Wildman–Crippen MR) is 64.9 cm³/mol. The van der Waals surface area contributed by atoms with Gasteiger partial charge in [0, 0.05) is 19.0 Å². The Hall–Kier alpha value is -0.980. The lowest BCUT2D eigenvalue weighted by Gasteiger charge is -2.24. The Morgan fingerprint density at radius 2 is 1.89 bits per heavy atom. The van der Waals surface area contributed by atoms with Crippen LogP contribution in [0.25, 0.3) is 0 Å². The van der Waals surface area contributed by atoms with Crippen LogP contribution in [-0.4, -0.2) is 24.7 Å². The maximum Gasteiger partial charge on any atom is 0.389 e. The van der Waals surface area contributed by atoms with Crippen molar-refractivity contribution in [2.45, 2.75) is 57.2 Å². The molecule has 0 bridgehead atoms. The quantitative estimate of drug-likeness (QED) is 0.240. The van der Waals surface area contributed by atoms with E-state index in [1.165, 1.54) is 19.3 Å². The molecule has 1 fully saturated rings. The van der Waals surface area contributed by atoms with Crippen molar-refractivity contribution in [2.75, 3.05) is 6.54 Å². The molecule has 0 heterocycles. The first-order valence-corrected chi connectivity index (χ1v) is 6.35. The van der Waals surface area contributed by atoms with E-state index in [2.05, 4.69) is 15.7 Å². The van der Waals surface area contributed by atoms with Crippen LogP contribution in [0.5, 0.6) is 0 Å². The minimum Gasteiger partial charge on any atom is -0.353 e. The highest BCUT2D eigenvalue weighted by atomic mass is 19.4. The summed E-state index contributed by atoms with van der Waals surface area (Å²) in [5.41, 5.74) is 2.40. The Balaban J connectivity index is 2.26. The van der Waals surface area contributed by atoms with E-state index in [1.807, 2.05) is 0 Å². The van der Waals surface area contributed by atoms with E-state index in [4.69, 9.17) is 5.84 Å². The van der Waals surface area contributed by atoms with Crippen LogP contribution in [0.1, 0.15) is 44.9 Å². The third-order valence-electron chi connectivity index (χ3n) is 2.97. The number of hydrazine groups is 1. The molecule has 0 aromatic carbocycles. The van der Waals surface area contributed by atoms with Gasteiger partial charge >= 0.3 is 6.18 Å². The van der Waals surface area contributed by atoms with Crippen LogP contribution < -0.4 is 16.6 Å². The standard InChI is InChI=1S/C11H21F3N4/c12-11(13,14)7-4-8-16-10(18-15)17-9-5-2-1-3-6-9/h9H,1-8,15H2,(H2,16,17,18). The number of hydrogen-bond donors (Lipinski definition) is 3. The van der Waals surface area contributed by atoms with Crippen molar-refractivity contribution in [1.82, 2.24) is 10.7 Å². The summed E-state index contributed by atoms with van der Waals surface area (Å²) in [7, 11) is 0. The molecule has 0 spiro atoms. The number of rotatable bonds is 4. The van der Waals surface area contributed by atoms with Crippen molar-refractivity contribution in [3.63, 3.8) is 0 Å². The fraction of sp³-hybridized carbons (Fsp3) is 0.909. The van der Waals surface area contributed by atoms with Crippen molar-refractivity contribution in [2.24, 2.45) is 10.8 Å². The van der Waals surface area contributed by atoms with Crippen molar-refractivity contribution in [3.05, 3.63) is 0 Å². The first-order valence-electron chi connectivity index (χ1n) is 6.35. The maximum atomic E-state index is 11.9. The molecule has 0 aromatic rings. The summed E-state index contributed by atoms with van der Waals surface area (Å²) in [6.07, 6.45) is 0.771. The summed E-state index contributed by atoms with van der Waals surface area (Å²) in [6.45, 7) is 0.124. The lowest BCUT2D eigenvalue weighted by atomic mass is 9.96. The summed E-state index contributed by atoms with van der Waals surface area (Å²) >= 11 is 0. The minimum absolute atomic E-state index is 0.0129. The first-order chi connectivity index (χ1) is 8.51. The molecule has 0 atom stereocenters. The number of nitrogens with two attached hydrogens (primary N) is 1. The Kier molecular flexibility index (Phi) is 6.24. The van der Waals surface area contributed by atoms with Gasteiger partial charge in [0.1, 0.15) is 0 Å². The van der Waals surface area contributed by atoms with E-state index in [0.29, 0.717) is 12.0 Å². The highest BCUT2D eigenvalue weighted by Crippen LogP contribution is 2.21. The van der Waals surface area contributed by atoms with Gasteiger partial charge in [-0.2, -0.15) is 13.2 Å². The van der Waals surface area contributed by atoms with E-state index in [1.54, 1.807) is 0 Å². The van der Waals surface area contributed by atoms with Gasteiger partial charge in [0.05, 0.1) is 0 Å². The molecule has 0 radical (unpaired) electrons. The molecule has 1 saturated carbocycles. The second-order valence-electron chi connectivity index (χ2n) is 4.57. The Morgan fingerprint density at radius 3 is 2.44 bits per heavy atom. The molecule has 1 aliphatic rings. The smallest absolute Gasteiger partial charge is 0.353 e. The molecule has 18 heavy (non-hydrogen) atoms. The third kappa shape index (κ3) is 6.68. The molecule has 0 saturated heterocycles. The van der Waals surface area contributed by atoms with Crippen LogP contribution in [-0.2, 0) is 0 Å². The number of hydrogen-bond acceptors (Lipinski definition) is 2. The summed E-state index contributed by atoms with van der Waals surface area (Å²) in [4.78, 5) is 4.01. The SMILES string of the molecule is NNC(=NCCCC(F)(F)F)NC1CCCCC1. The Morgan fingerprint density at radius 1 is 1.22 bits per heavy atom. The lowest BCUT2D eigenvalue weighted by Crippen LogP contribution is -2.47. The van der Waals surface area contributed by atoms with Crippen molar-refractivity contribution in [3.8, 4) is 0 Å². The normalized spacial score (nSPS) is 18.8. The molecule has 0 unspecified atom stereocenters. The van der Waals surface area contributed by atoms with E-state index >= 15 is 0 Å². The molecule has 0 aromatic heterocycles. The second kappa shape index (κ2) is 7.45. The topological polar surface area (TPSA) is 62.4 Å². The molecule has 0 amide bonds. The Labute approximate surface area is 105 Å². The average molecular weight is 266 g/mol. The molecule has 7 heteroatoms. The molecule has 0 aliphatic heterocycles. The van der Waals surface area contributed by atoms with Crippen LogP contribution in [0.4, 0.5) is 13.2 Å². The number of halogens is 3. The largest absolute Gasteiger partial charge is 0.389 e. The van der Waals surface area contributed by atoms with Crippen LogP contribution in [0, 0.1) is 0 Å². The number of alkyl halides is 3. The zero-order valence-electron chi connectivity index (χ0n) is 10.4. The fourth-order valence-corrected chi connectivity index (χ4v) is 2.04. The third-order valence-corrected chi connectivity index (χ3v) is 2.97. The van der Waals surface area contributed by atoms with Gasteiger partial charge in [0.15, 0.2) is 0 Å². The second-order valence-corrected chi connectivity index (χ2v) is 4.57. The summed E-state index contributed by atoms with van der Waals surface area (Å²) < 4.78 is 35.8. The Bertz CT molecular complexity index is 260. The molecule has 1 rings (SSSR count). The molecule has 1 aliphatic carbocycles. The summed E-state index contributed by atoms with van der Waals surface area (Å²) in [5, 5.41) is 3.14. The van der Waals surface area contributed by atoms with Gasteiger partial charge in [-0.05, 0) is 19.3 Å².